The van der Waals surface area contributed by atoms with Gasteiger partial charge >= 0.3 is 5.69 Å². The largest absolute Gasteiger partial charge is 0.394 e. The summed E-state index contributed by atoms with van der Waals surface area (Å²) in [6.07, 6.45) is -3.29. The zero-order chi connectivity index (χ0) is 11.7. The zero-order valence-electron chi connectivity index (χ0n) is 8.15. The van der Waals surface area contributed by atoms with Crippen LogP contribution >= 0.6 is 0 Å². The maximum Gasteiger partial charge on any atom is 0.347 e. The molecule has 0 amide bonds. The molecule has 0 bridgehead atoms. The molecular weight excluding hydrogens is 218 g/mol. The first kappa shape index (κ1) is 11.1. The fourth-order valence-corrected chi connectivity index (χ4v) is 1.59. The number of aliphatic hydroxyl groups excluding tert-OH is 3. The van der Waals surface area contributed by atoms with Crippen molar-refractivity contribution in [2.24, 2.45) is 0 Å². The molecule has 0 aromatic carbocycles. The van der Waals surface area contributed by atoms with Crippen molar-refractivity contribution in [3.63, 3.8) is 0 Å². The molecule has 8 heteroatoms. The van der Waals surface area contributed by atoms with Gasteiger partial charge in [-0.2, -0.15) is 4.98 Å². The highest BCUT2D eigenvalue weighted by molar-refractivity contribution is 5.01. The molecule has 4 atom stereocenters. The van der Waals surface area contributed by atoms with Gasteiger partial charge in [0.25, 0.3) is 0 Å². The number of aromatic amines is 1. The van der Waals surface area contributed by atoms with Crippen LogP contribution in [-0.4, -0.2) is 55.2 Å². The maximum absolute atomic E-state index is 10.9. The third kappa shape index (κ3) is 1.83. The lowest BCUT2D eigenvalue weighted by molar-refractivity contribution is -0.0254. The van der Waals surface area contributed by atoms with Gasteiger partial charge in [-0.15, -0.1) is 0 Å². The average Bonchev–Trinajstić information content (AvgIpc) is 2.56. The molecule has 1 aromatic heterocycles. The quantitative estimate of drug-likeness (QED) is 0.435. The van der Waals surface area contributed by atoms with E-state index in [1.807, 2.05) is 0 Å². The molecule has 2 rings (SSSR count). The number of nitrogens with one attached hydrogen (secondary N) is 1. The highest BCUT2D eigenvalue weighted by atomic mass is 16.6. The Balaban J connectivity index is 2.26. The lowest BCUT2D eigenvalue weighted by Crippen LogP contribution is -2.32. The molecule has 1 fully saturated rings. The Morgan fingerprint density at radius 1 is 1.38 bits per heavy atom. The van der Waals surface area contributed by atoms with Crippen LogP contribution in [0.15, 0.2) is 11.1 Å². The lowest BCUT2D eigenvalue weighted by Gasteiger charge is -2.12. The minimum absolute atomic E-state index is 0.0718. The molecule has 4 N–H and O–H groups in total. The predicted molar refractivity (Wildman–Crippen MR) is 49.4 cm³/mol. The Bertz CT molecular complexity index is 422. The van der Waals surface area contributed by atoms with Gasteiger partial charge < -0.3 is 20.1 Å². The summed E-state index contributed by atoms with van der Waals surface area (Å²) in [5.74, 6) is 0.0718. The van der Waals surface area contributed by atoms with E-state index < -0.39 is 36.7 Å². The van der Waals surface area contributed by atoms with Gasteiger partial charge in [-0.3, -0.25) is 4.98 Å². The van der Waals surface area contributed by atoms with Crippen LogP contribution in [0.25, 0.3) is 0 Å². The van der Waals surface area contributed by atoms with Crippen LogP contribution in [-0.2, 0) is 4.74 Å². The number of hydrogen-bond donors (Lipinski definition) is 4. The van der Waals surface area contributed by atoms with Gasteiger partial charge in [-0.25, -0.2) is 9.78 Å². The Hall–Kier alpha value is -1.35. The minimum Gasteiger partial charge on any atom is -0.394 e. The highest BCUT2D eigenvalue weighted by Crippen LogP contribution is 2.30. The van der Waals surface area contributed by atoms with Gasteiger partial charge in [0.05, 0.1) is 6.61 Å². The molecular formula is C8H11N3O5. The van der Waals surface area contributed by atoms with Crippen LogP contribution < -0.4 is 5.69 Å². The van der Waals surface area contributed by atoms with Crippen molar-refractivity contribution < 1.29 is 20.1 Å². The van der Waals surface area contributed by atoms with Crippen LogP contribution in [0.2, 0.25) is 0 Å². The smallest absolute Gasteiger partial charge is 0.347 e. The minimum atomic E-state index is -1.25. The third-order valence-corrected chi connectivity index (χ3v) is 2.42. The number of ether oxygens (including phenoxy) is 1. The maximum atomic E-state index is 10.9. The summed E-state index contributed by atoms with van der Waals surface area (Å²) in [6, 6.07) is 0. The van der Waals surface area contributed by atoms with Gasteiger partial charge in [0, 0.05) is 0 Å². The van der Waals surface area contributed by atoms with E-state index in [9.17, 15) is 15.0 Å². The molecule has 16 heavy (non-hydrogen) atoms. The summed E-state index contributed by atoms with van der Waals surface area (Å²) in [4.78, 5) is 20.3. The number of aliphatic hydroxyl groups is 3. The summed E-state index contributed by atoms with van der Waals surface area (Å²) in [5.41, 5.74) is -0.622. The van der Waals surface area contributed by atoms with Gasteiger partial charge in [0.1, 0.15) is 36.6 Å². The number of rotatable bonds is 2. The summed E-state index contributed by atoms with van der Waals surface area (Å²) in [6.45, 7) is -0.427. The molecule has 0 aliphatic carbocycles. The summed E-state index contributed by atoms with van der Waals surface area (Å²) in [7, 11) is 0. The molecule has 1 aliphatic heterocycles. The van der Waals surface area contributed by atoms with Gasteiger partial charge in [-0.1, -0.05) is 0 Å². The topological polar surface area (TPSA) is 129 Å². The standard InChI is InChI=1S/C8H11N3O5/c12-1-3-4(13)5(14)6(16-3)7-9-2-10-8(15)11-7/h2-6,12-14H,1H2,(H,9,10,11,15)/t3-,4-,5-,6-/m1/s1. The molecule has 1 aromatic rings. The molecule has 0 radical (unpaired) electrons. The Morgan fingerprint density at radius 3 is 2.69 bits per heavy atom. The van der Waals surface area contributed by atoms with Crippen molar-refractivity contribution in [2.75, 3.05) is 6.61 Å². The average molecular weight is 229 g/mol. The number of H-pyrrole nitrogens is 1. The molecule has 2 heterocycles. The first-order valence-corrected chi connectivity index (χ1v) is 4.67. The van der Waals surface area contributed by atoms with E-state index in [2.05, 4.69) is 15.0 Å². The van der Waals surface area contributed by atoms with Crippen LogP contribution in [0.3, 0.4) is 0 Å². The van der Waals surface area contributed by atoms with E-state index >= 15 is 0 Å². The second kappa shape index (κ2) is 4.26. The Labute approximate surface area is 89.6 Å². The Kier molecular flexibility index (Phi) is 2.97. The van der Waals surface area contributed by atoms with Crippen LogP contribution in [0.1, 0.15) is 11.9 Å². The van der Waals surface area contributed by atoms with E-state index in [1.54, 1.807) is 0 Å². The lowest BCUT2D eigenvalue weighted by atomic mass is 10.1. The molecule has 0 unspecified atom stereocenters. The second-order valence-corrected chi connectivity index (χ2v) is 3.45. The molecule has 88 valence electrons. The molecule has 1 saturated heterocycles. The summed E-state index contributed by atoms with van der Waals surface area (Å²) in [5, 5.41) is 28.0. The highest BCUT2D eigenvalue weighted by Gasteiger charge is 2.44. The third-order valence-electron chi connectivity index (χ3n) is 2.42. The van der Waals surface area contributed by atoms with Crippen molar-refractivity contribution in [3.05, 3.63) is 22.6 Å². The van der Waals surface area contributed by atoms with E-state index in [0.717, 1.165) is 6.33 Å². The monoisotopic (exact) mass is 229 g/mol. The van der Waals surface area contributed by atoms with Crippen molar-refractivity contribution >= 4 is 0 Å². The summed E-state index contributed by atoms with van der Waals surface area (Å²) >= 11 is 0. The molecule has 8 nitrogen and oxygen atoms in total. The van der Waals surface area contributed by atoms with E-state index in [1.165, 1.54) is 0 Å². The van der Waals surface area contributed by atoms with E-state index in [-0.39, 0.29) is 5.82 Å². The fourth-order valence-electron chi connectivity index (χ4n) is 1.59. The van der Waals surface area contributed by atoms with Crippen LogP contribution in [0.4, 0.5) is 0 Å². The predicted octanol–water partition coefficient (Wildman–Crippen LogP) is -2.68. The first-order chi connectivity index (χ1) is 7.63. The van der Waals surface area contributed by atoms with Gasteiger partial charge in [-0.05, 0) is 0 Å². The van der Waals surface area contributed by atoms with Crippen molar-refractivity contribution in [1.29, 1.82) is 0 Å². The second-order valence-electron chi connectivity index (χ2n) is 3.45. The SMILES string of the molecule is O=c1ncnc([C@@H]2O[C@H](CO)[C@@H](O)[C@H]2O)[nH]1. The van der Waals surface area contributed by atoms with Crippen LogP contribution in [0.5, 0.6) is 0 Å². The van der Waals surface area contributed by atoms with Crippen molar-refractivity contribution in [2.45, 2.75) is 24.4 Å². The fraction of sp³-hybridized carbons (Fsp3) is 0.625. The summed E-state index contributed by atoms with van der Waals surface area (Å²) < 4.78 is 5.17. The number of aromatic nitrogens is 3. The molecule has 0 saturated carbocycles. The normalized spacial score (nSPS) is 34.2. The number of hydrogen-bond acceptors (Lipinski definition) is 7. The van der Waals surface area contributed by atoms with Crippen molar-refractivity contribution in [3.8, 4) is 0 Å². The zero-order valence-corrected chi connectivity index (χ0v) is 8.15. The van der Waals surface area contributed by atoms with E-state index in [0.29, 0.717) is 0 Å². The van der Waals surface area contributed by atoms with E-state index in [4.69, 9.17) is 9.84 Å². The molecule has 1 aliphatic rings. The first-order valence-electron chi connectivity index (χ1n) is 4.67. The van der Waals surface area contributed by atoms with Crippen molar-refractivity contribution in [1.82, 2.24) is 15.0 Å². The van der Waals surface area contributed by atoms with Crippen LogP contribution in [0, 0.1) is 0 Å². The number of nitrogens with zero attached hydrogens (tertiary/aromatic N) is 2. The van der Waals surface area contributed by atoms with Gasteiger partial charge in [0.2, 0.25) is 0 Å². The van der Waals surface area contributed by atoms with Gasteiger partial charge in [0.15, 0.2) is 0 Å². The molecule has 0 spiro atoms. The Morgan fingerprint density at radius 2 is 2.12 bits per heavy atom.